The van der Waals surface area contributed by atoms with Crippen LogP contribution in [0, 0.1) is 23.7 Å². The molecule has 2 fully saturated rings. The Bertz CT molecular complexity index is 682. The van der Waals surface area contributed by atoms with E-state index in [-0.39, 0.29) is 35.5 Å². The number of fused-ring (bicyclic) bond motifs is 1. The van der Waals surface area contributed by atoms with Crippen LogP contribution >= 0.6 is 0 Å². The molecule has 0 spiro atoms. The first-order chi connectivity index (χ1) is 11.9. The summed E-state index contributed by atoms with van der Waals surface area (Å²) in [7, 11) is 0. The Balaban J connectivity index is 1.92. The molecule has 3 rings (SSSR count). The van der Waals surface area contributed by atoms with Crippen molar-refractivity contribution in [1.29, 1.82) is 0 Å². The molecule has 0 N–H and O–H groups in total. The molecule has 0 aromatic heterocycles. The Labute approximate surface area is 150 Å². The molecule has 4 atom stereocenters. The zero-order valence-corrected chi connectivity index (χ0v) is 15.5. The minimum Gasteiger partial charge on any atom is -0.278 e. The largest absolute Gasteiger partial charge is 0.278 e. The summed E-state index contributed by atoms with van der Waals surface area (Å²) >= 11 is 0. The second kappa shape index (κ2) is 6.99. The minimum absolute atomic E-state index is 0.00556. The van der Waals surface area contributed by atoms with Crippen molar-refractivity contribution in [3.63, 3.8) is 0 Å². The third-order valence-electron chi connectivity index (χ3n) is 5.23. The lowest BCUT2D eigenvalue weighted by Gasteiger charge is -2.19. The van der Waals surface area contributed by atoms with E-state index < -0.39 is 0 Å². The number of rotatable bonds is 4. The molecule has 25 heavy (non-hydrogen) atoms. The van der Waals surface area contributed by atoms with Crippen LogP contribution in [0.2, 0.25) is 0 Å². The maximum absolute atomic E-state index is 13.1. The van der Waals surface area contributed by atoms with Crippen molar-refractivity contribution >= 4 is 11.8 Å². The highest BCUT2D eigenvalue weighted by Gasteiger charge is 2.57. The zero-order valence-electron chi connectivity index (χ0n) is 15.5. The van der Waals surface area contributed by atoms with Crippen LogP contribution in [-0.2, 0) is 16.1 Å². The maximum Gasteiger partial charge on any atom is 0.234 e. The fourth-order valence-electron chi connectivity index (χ4n) is 4.40. The molecule has 1 saturated carbocycles. The van der Waals surface area contributed by atoms with Gasteiger partial charge in [0, 0.05) is 0 Å². The highest BCUT2D eigenvalue weighted by molar-refractivity contribution is 6.06. The first-order valence-electron chi connectivity index (χ1n) is 9.07. The van der Waals surface area contributed by atoms with Crippen molar-refractivity contribution in [2.45, 2.75) is 40.7 Å². The van der Waals surface area contributed by atoms with Gasteiger partial charge in [0.1, 0.15) is 0 Å². The summed E-state index contributed by atoms with van der Waals surface area (Å²) in [5.74, 6) is -0.0731. The molecule has 1 heterocycles. The molecular formula is C22H27NO2. The normalized spacial score (nSPS) is 28.1. The van der Waals surface area contributed by atoms with Crippen LogP contribution in [0.3, 0.4) is 0 Å². The van der Waals surface area contributed by atoms with Gasteiger partial charge in [-0.05, 0) is 51.5 Å². The maximum atomic E-state index is 13.1. The van der Waals surface area contributed by atoms with Gasteiger partial charge in [-0.1, -0.05) is 53.6 Å². The van der Waals surface area contributed by atoms with Crippen molar-refractivity contribution < 1.29 is 9.59 Å². The van der Waals surface area contributed by atoms with Crippen LogP contribution in [0.5, 0.6) is 0 Å². The smallest absolute Gasteiger partial charge is 0.234 e. The van der Waals surface area contributed by atoms with Gasteiger partial charge in [-0.15, -0.1) is 0 Å². The second-order valence-corrected chi connectivity index (χ2v) is 7.85. The van der Waals surface area contributed by atoms with Crippen LogP contribution in [-0.4, -0.2) is 16.7 Å². The molecule has 132 valence electrons. The third-order valence-corrected chi connectivity index (χ3v) is 5.23. The standard InChI is InChI=1S/C22H27NO2/c1-14(2)10-17-12-18(11-15(3)4)20-19(17)21(24)23(22(20)25)13-16-8-6-5-7-9-16/h5-11,17-20H,12-13H2,1-4H3. The first-order valence-corrected chi connectivity index (χ1v) is 9.07. The van der Waals surface area contributed by atoms with E-state index in [1.165, 1.54) is 16.0 Å². The van der Waals surface area contributed by atoms with Gasteiger partial charge >= 0.3 is 0 Å². The Morgan fingerprint density at radius 1 is 0.920 bits per heavy atom. The summed E-state index contributed by atoms with van der Waals surface area (Å²) in [4.78, 5) is 27.6. The molecule has 1 aromatic rings. The highest BCUT2D eigenvalue weighted by atomic mass is 16.2. The van der Waals surface area contributed by atoms with Crippen LogP contribution in [0.25, 0.3) is 0 Å². The molecule has 2 amide bonds. The van der Waals surface area contributed by atoms with E-state index >= 15 is 0 Å². The Kier molecular flexibility index (Phi) is 4.94. The van der Waals surface area contributed by atoms with Gasteiger partial charge in [-0.2, -0.15) is 0 Å². The fraction of sp³-hybridized carbons (Fsp3) is 0.455. The van der Waals surface area contributed by atoms with Gasteiger partial charge in [-0.3, -0.25) is 14.5 Å². The number of nitrogens with zero attached hydrogens (tertiary/aromatic N) is 1. The van der Waals surface area contributed by atoms with E-state index in [9.17, 15) is 9.59 Å². The predicted octanol–water partition coefficient (Wildman–Crippen LogP) is 4.36. The second-order valence-electron chi connectivity index (χ2n) is 7.85. The summed E-state index contributed by atoms with van der Waals surface area (Å²) in [5, 5.41) is 0. The van der Waals surface area contributed by atoms with Crippen molar-refractivity contribution in [2.24, 2.45) is 23.7 Å². The average molecular weight is 337 g/mol. The molecule has 0 bridgehead atoms. The average Bonchev–Trinajstić information content (AvgIpc) is 2.99. The van der Waals surface area contributed by atoms with Crippen molar-refractivity contribution in [2.75, 3.05) is 0 Å². The summed E-state index contributed by atoms with van der Waals surface area (Å²) in [6.07, 6.45) is 5.27. The number of allylic oxidation sites excluding steroid dienone is 4. The number of carbonyl (C=O) groups is 2. The molecular weight excluding hydrogens is 310 g/mol. The van der Waals surface area contributed by atoms with E-state index in [4.69, 9.17) is 0 Å². The quantitative estimate of drug-likeness (QED) is 0.605. The van der Waals surface area contributed by atoms with E-state index in [2.05, 4.69) is 39.8 Å². The molecule has 4 unspecified atom stereocenters. The predicted molar refractivity (Wildman–Crippen MR) is 99.4 cm³/mol. The third kappa shape index (κ3) is 3.46. The number of benzene rings is 1. The number of carbonyl (C=O) groups excluding carboxylic acids is 2. The number of imide groups is 1. The van der Waals surface area contributed by atoms with Gasteiger partial charge < -0.3 is 0 Å². The van der Waals surface area contributed by atoms with E-state index in [1.807, 2.05) is 30.3 Å². The number of hydrogen-bond donors (Lipinski definition) is 0. The van der Waals surface area contributed by atoms with Gasteiger partial charge in [0.25, 0.3) is 0 Å². The van der Waals surface area contributed by atoms with Crippen molar-refractivity contribution in [3.8, 4) is 0 Å². The summed E-state index contributed by atoms with van der Waals surface area (Å²) in [6, 6.07) is 9.77. The SMILES string of the molecule is CC(C)=CC1CC(C=C(C)C)C2C(=O)N(Cc3ccccc3)C(=O)C12. The summed E-state index contributed by atoms with van der Waals surface area (Å²) in [5.41, 5.74) is 3.42. The molecule has 1 aliphatic carbocycles. The first kappa shape index (κ1) is 17.7. The van der Waals surface area contributed by atoms with Gasteiger partial charge in [0.2, 0.25) is 11.8 Å². The molecule has 3 heteroatoms. The molecule has 0 radical (unpaired) electrons. The summed E-state index contributed by atoms with van der Waals surface area (Å²) < 4.78 is 0. The number of hydrogen-bond acceptors (Lipinski definition) is 2. The van der Waals surface area contributed by atoms with E-state index in [1.54, 1.807) is 0 Å². The van der Waals surface area contributed by atoms with E-state index in [0.717, 1.165) is 12.0 Å². The van der Waals surface area contributed by atoms with Crippen LogP contribution < -0.4 is 0 Å². The van der Waals surface area contributed by atoms with Crippen LogP contribution in [0.1, 0.15) is 39.7 Å². The van der Waals surface area contributed by atoms with Gasteiger partial charge in [0.15, 0.2) is 0 Å². The topological polar surface area (TPSA) is 37.4 Å². The number of amides is 2. The van der Waals surface area contributed by atoms with Gasteiger partial charge in [0.05, 0.1) is 18.4 Å². The Morgan fingerprint density at radius 2 is 1.40 bits per heavy atom. The van der Waals surface area contributed by atoms with E-state index in [0.29, 0.717) is 6.54 Å². The van der Waals surface area contributed by atoms with Crippen LogP contribution in [0.15, 0.2) is 53.6 Å². The molecule has 1 aliphatic heterocycles. The Morgan fingerprint density at radius 3 is 1.84 bits per heavy atom. The minimum atomic E-state index is -0.202. The van der Waals surface area contributed by atoms with Crippen molar-refractivity contribution in [3.05, 3.63) is 59.2 Å². The Hall–Kier alpha value is -2.16. The van der Waals surface area contributed by atoms with Crippen molar-refractivity contribution in [1.82, 2.24) is 4.90 Å². The molecule has 1 saturated heterocycles. The monoisotopic (exact) mass is 337 g/mol. The lowest BCUT2D eigenvalue weighted by molar-refractivity contribution is -0.141. The zero-order chi connectivity index (χ0) is 18.1. The molecule has 3 nitrogen and oxygen atoms in total. The lowest BCUT2D eigenvalue weighted by Crippen LogP contribution is -2.33. The molecule has 1 aromatic carbocycles. The number of likely N-dealkylation sites (tertiary alicyclic amines) is 1. The van der Waals surface area contributed by atoms with Crippen LogP contribution in [0.4, 0.5) is 0 Å². The summed E-state index contributed by atoms with van der Waals surface area (Å²) in [6.45, 7) is 8.63. The lowest BCUT2D eigenvalue weighted by atomic mass is 9.88. The highest BCUT2D eigenvalue weighted by Crippen LogP contribution is 2.49. The van der Waals surface area contributed by atoms with Gasteiger partial charge in [-0.25, -0.2) is 0 Å². The molecule has 2 aliphatic rings. The fourth-order valence-corrected chi connectivity index (χ4v) is 4.40.